The molecule has 2 amide bonds. The number of benzene rings is 1. The summed E-state index contributed by atoms with van der Waals surface area (Å²) >= 11 is 0. The molecule has 0 bridgehead atoms. The fourth-order valence-corrected chi connectivity index (χ4v) is 2.73. The summed E-state index contributed by atoms with van der Waals surface area (Å²) in [6.45, 7) is 3.39. The van der Waals surface area contributed by atoms with Crippen LogP contribution in [0.3, 0.4) is 0 Å². The van der Waals surface area contributed by atoms with E-state index in [1.54, 1.807) is 0 Å². The van der Waals surface area contributed by atoms with E-state index in [1.807, 2.05) is 18.2 Å². The molecule has 1 atom stereocenters. The van der Waals surface area contributed by atoms with Crippen LogP contribution in [-0.4, -0.2) is 48.3 Å². The van der Waals surface area contributed by atoms with Gasteiger partial charge in [0.1, 0.15) is 0 Å². The van der Waals surface area contributed by atoms with Crippen molar-refractivity contribution in [3.63, 3.8) is 0 Å². The van der Waals surface area contributed by atoms with Crippen LogP contribution in [0.1, 0.15) is 18.4 Å². The van der Waals surface area contributed by atoms with Gasteiger partial charge in [0.05, 0.1) is 5.92 Å². The maximum absolute atomic E-state index is 12.3. The second kappa shape index (κ2) is 7.90. The second-order valence-electron chi connectivity index (χ2n) is 5.49. The molecule has 2 rings (SSSR count). The lowest BCUT2D eigenvalue weighted by atomic mass is 10.1. The Labute approximate surface area is 125 Å². The van der Waals surface area contributed by atoms with Crippen molar-refractivity contribution in [3.05, 3.63) is 35.9 Å². The molecular weight excluding hydrogens is 266 g/mol. The molecule has 2 N–H and O–H groups in total. The van der Waals surface area contributed by atoms with Crippen molar-refractivity contribution in [2.24, 2.45) is 11.7 Å². The molecule has 0 aromatic heterocycles. The van der Waals surface area contributed by atoms with Gasteiger partial charge in [-0.3, -0.25) is 19.4 Å². The highest BCUT2D eigenvalue weighted by Gasteiger charge is 2.31. The standard InChI is InChI=1S/C16H23N3O2/c17-8-4-9-19(13-20)16(21)15-7-10-18(12-15)11-14-5-2-1-3-6-14/h1-3,5-6,13,15H,4,7-12,17H2. The zero-order chi connectivity index (χ0) is 15.1. The minimum atomic E-state index is -0.0725. The molecule has 1 unspecified atom stereocenters. The number of nitrogens with two attached hydrogens (primary N) is 1. The molecule has 1 aromatic carbocycles. The minimum Gasteiger partial charge on any atom is -0.330 e. The maximum atomic E-state index is 12.3. The van der Waals surface area contributed by atoms with Crippen LogP contribution < -0.4 is 5.73 Å². The zero-order valence-corrected chi connectivity index (χ0v) is 12.3. The van der Waals surface area contributed by atoms with Crippen molar-refractivity contribution >= 4 is 12.3 Å². The molecule has 1 fully saturated rings. The Morgan fingerprint density at radius 2 is 2.14 bits per heavy atom. The molecular formula is C16H23N3O2. The fraction of sp³-hybridized carbons (Fsp3) is 0.500. The van der Waals surface area contributed by atoms with E-state index in [-0.39, 0.29) is 11.8 Å². The summed E-state index contributed by atoms with van der Waals surface area (Å²) in [5.74, 6) is -0.134. The molecule has 1 aromatic rings. The van der Waals surface area contributed by atoms with Crippen molar-refractivity contribution in [1.29, 1.82) is 0 Å². The molecule has 0 spiro atoms. The average molecular weight is 289 g/mol. The van der Waals surface area contributed by atoms with Gasteiger partial charge in [0, 0.05) is 19.6 Å². The third-order valence-corrected chi connectivity index (χ3v) is 3.88. The number of carbonyl (C=O) groups excluding carboxylic acids is 2. The van der Waals surface area contributed by atoms with Crippen LogP contribution in [0.2, 0.25) is 0 Å². The van der Waals surface area contributed by atoms with Crippen LogP contribution in [0.15, 0.2) is 30.3 Å². The lowest BCUT2D eigenvalue weighted by Gasteiger charge is -2.20. The first-order chi connectivity index (χ1) is 10.2. The van der Waals surface area contributed by atoms with Crippen molar-refractivity contribution in [3.8, 4) is 0 Å². The third-order valence-electron chi connectivity index (χ3n) is 3.88. The summed E-state index contributed by atoms with van der Waals surface area (Å²) in [7, 11) is 0. The Morgan fingerprint density at radius 1 is 1.38 bits per heavy atom. The van der Waals surface area contributed by atoms with Gasteiger partial charge in [0.25, 0.3) is 0 Å². The predicted octanol–water partition coefficient (Wildman–Crippen LogP) is 0.842. The number of rotatable bonds is 7. The highest BCUT2D eigenvalue weighted by atomic mass is 16.2. The van der Waals surface area contributed by atoms with Crippen molar-refractivity contribution in [2.75, 3.05) is 26.2 Å². The van der Waals surface area contributed by atoms with Crippen LogP contribution in [-0.2, 0) is 16.1 Å². The Balaban J connectivity index is 1.86. The maximum Gasteiger partial charge on any atom is 0.233 e. The van der Waals surface area contributed by atoms with E-state index >= 15 is 0 Å². The molecule has 1 aliphatic heterocycles. The summed E-state index contributed by atoms with van der Waals surface area (Å²) in [6, 6.07) is 10.2. The van der Waals surface area contributed by atoms with E-state index in [2.05, 4.69) is 17.0 Å². The summed E-state index contributed by atoms with van der Waals surface area (Å²) in [6.07, 6.45) is 2.11. The number of hydrogen-bond donors (Lipinski definition) is 1. The smallest absolute Gasteiger partial charge is 0.233 e. The Hall–Kier alpha value is -1.72. The SMILES string of the molecule is NCCCN(C=O)C(=O)C1CCN(Cc2ccccc2)C1. The number of imide groups is 1. The first-order valence-corrected chi connectivity index (χ1v) is 7.46. The van der Waals surface area contributed by atoms with Crippen molar-refractivity contribution < 1.29 is 9.59 Å². The summed E-state index contributed by atoms with van der Waals surface area (Å²) < 4.78 is 0. The molecule has 1 heterocycles. The molecule has 5 nitrogen and oxygen atoms in total. The van der Waals surface area contributed by atoms with E-state index < -0.39 is 0 Å². The first kappa shape index (κ1) is 15.7. The molecule has 0 radical (unpaired) electrons. The van der Waals surface area contributed by atoms with Gasteiger partial charge in [0.2, 0.25) is 12.3 Å². The Kier molecular flexibility index (Phi) is 5.90. The van der Waals surface area contributed by atoms with Crippen LogP contribution in [0, 0.1) is 5.92 Å². The Morgan fingerprint density at radius 3 is 2.81 bits per heavy atom. The molecule has 1 aliphatic rings. The molecule has 5 heteroatoms. The van der Waals surface area contributed by atoms with Crippen LogP contribution in [0.25, 0.3) is 0 Å². The molecule has 114 valence electrons. The number of nitrogens with zero attached hydrogens (tertiary/aromatic N) is 2. The van der Waals surface area contributed by atoms with Gasteiger partial charge in [-0.05, 0) is 31.5 Å². The number of hydrogen-bond acceptors (Lipinski definition) is 4. The van der Waals surface area contributed by atoms with E-state index in [1.165, 1.54) is 10.5 Å². The second-order valence-corrected chi connectivity index (χ2v) is 5.49. The van der Waals surface area contributed by atoms with Gasteiger partial charge in [-0.1, -0.05) is 30.3 Å². The monoisotopic (exact) mass is 289 g/mol. The molecule has 21 heavy (non-hydrogen) atoms. The van der Waals surface area contributed by atoms with E-state index in [0.29, 0.717) is 25.9 Å². The third kappa shape index (κ3) is 4.37. The summed E-state index contributed by atoms with van der Waals surface area (Å²) in [4.78, 5) is 26.9. The predicted molar refractivity (Wildman–Crippen MR) is 81.3 cm³/mol. The lowest BCUT2D eigenvalue weighted by molar-refractivity contribution is -0.141. The highest BCUT2D eigenvalue weighted by molar-refractivity contribution is 5.88. The van der Waals surface area contributed by atoms with Gasteiger partial charge in [-0.15, -0.1) is 0 Å². The highest BCUT2D eigenvalue weighted by Crippen LogP contribution is 2.20. The largest absolute Gasteiger partial charge is 0.330 e. The van der Waals surface area contributed by atoms with E-state index in [4.69, 9.17) is 5.73 Å². The van der Waals surface area contributed by atoms with Gasteiger partial charge < -0.3 is 5.73 Å². The summed E-state index contributed by atoms with van der Waals surface area (Å²) in [5, 5.41) is 0. The number of carbonyl (C=O) groups is 2. The topological polar surface area (TPSA) is 66.6 Å². The summed E-state index contributed by atoms with van der Waals surface area (Å²) in [5.41, 5.74) is 6.68. The molecule has 1 saturated heterocycles. The molecule has 0 aliphatic carbocycles. The Bertz CT molecular complexity index is 464. The molecule has 0 saturated carbocycles. The van der Waals surface area contributed by atoms with E-state index in [0.717, 1.165) is 26.1 Å². The van der Waals surface area contributed by atoms with Crippen LogP contribution in [0.5, 0.6) is 0 Å². The van der Waals surface area contributed by atoms with Crippen LogP contribution in [0.4, 0.5) is 0 Å². The van der Waals surface area contributed by atoms with Gasteiger partial charge in [-0.2, -0.15) is 0 Å². The first-order valence-electron chi connectivity index (χ1n) is 7.46. The lowest BCUT2D eigenvalue weighted by Crippen LogP contribution is -2.37. The number of amides is 2. The van der Waals surface area contributed by atoms with Crippen LogP contribution >= 0.6 is 0 Å². The fourth-order valence-electron chi connectivity index (χ4n) is 2.73. The van der Waals surface area contributed by atoms with Crippen molar-refractivity contribution in [1.82, 2.24) is 9.80 Å². The van der Waals surface area contributed by atoms with Gasteiger partial charge in [0.15, 0.2) is 0 Å². The zero-order valence-electron chi connectivity index (χ0n) is 12.3. The quantitative estimate of drug-likeness (QED) is 0.756. The minimum absolute atomic E-state index is 0.0611. The van der Waals surface area contributed by atoms with Gasteiger partial charge in [-0.25, -0.2) is 0 Å². The van der Waals surface area contributed by atoms with E-state index in [9.17, 15) is 9.59 Å². The number of likely N-dealkylation sites (tertiary alicyclic amines) is 1. The normalized spacial score (nSPS) is 18.6. The van der Waals surface area contributed by atoms with Crippen molar-refractivity contribution in [2.45, 2.75) is 19.4 Å². The van der Waals surface area contributed by atoms with Gasteiger partial charge >= 0.3 is 0 Å². The average Bonchev–Trinajstić information content (AvgIpc) is 2.97.